The van der Waals surface area contributed by atoms with Gasteiger partial charge < -0.3 is 51.1 Å². The van der Waals surface area contributed by atoms with Crippen LogP contribution in [0.15, 0.2) is 0 Å². The van der Waals surface area contributed by atoms with Gasteiger partial charge in [-0.05, 0) is 12.8 Å². The van der Waals surface area contributed by atoms with Crippen molar-refractivity contribution in [3.63, 3.8) is 0 Å². The monoisotopic (exact) mass is 608 g/mol. The molecule has 0 bridgehead atoms. The molecule has 0 aromatic carbocycles. The molecule has 42 heavy (non-hydrogen) atoms. The summed E-state index contributed by atoms with van der Waals surface area (Å²) in [5.41, 5.74) is 0. The molecule has 20 heteroatoms. The fraction of sp³-hybridized carbons (Fsp3) is 0.545. The van der Waals surface area contributed by atoms with Crippen molar-refractivity contribution in [3.8, 4) is 0 Å². The quantitative estimate of drug-likeness (QED) is 0.125. The predicted octanol–water partition coefficient (Wildman–Crippen LogP) is -2.21. The van der Waals surface area contributed by atoms with E-state index in [2.05, 4.69) is 0 Å². The first kappa shape index (κ1) is 34.7. The number of hydrogen-bond donors (Lipinski definition) is 10. The normalized spacial score (nSPS) is 32.1. The second-order valence-electron chi connectivity index (χ2n) is 9.43. The molecule has 232 valence electrons. The zero-order valence-electron chi connectivity index (χ0n) is 20.7. The lowest BCUT2D eigenvalue weighted by Crippen LogP contribution is -2.59. The van der Waals surface area contributed by atoms with Gasteiger partial charge in [0.05, 0.1) is 59.2 Å². The number of carbonyl (C=O) groups is 10. The number of hydrogen-bond acceptors (Lipinski definition) is 10. The molecule has 4 atom stereocenters. The van der Waals surface area contributed by atoms with E-state index in [1.165, 1.54) is 0 Å². The van der Waals surface area contributed by atoms with Crippen molar-refractivity contribution in [2.75, 3.05) is 0 Å². The largest absolute Gasteiger partial charge is 0.481 e. The van der Waals surface area contributed by atoms with Crippen LogP contribution in [0.1, 0.15) is 12.8 Å². The van der Waals surface area contributed by atoms with Crippen LogP contribution in [0.3, 0.4) is 0 Å². The predicted molar refractivity (Wildman–Crippen MR) is 120 cm³/mol. The molecule has 4 unspecified atom stereocenters. The van der Waals surface area contributed by atoms with E-state index in [1.54, 1.807) is 0 Å². The molecule has 0 aromatic heterocycles. The number of rotatable bonds is 10. The summed E-state index contributed by atoms with van der Waals surface area (Å²) < 4.78 is 0. The van der Waals surface area contributed by atoms with Gasteiger partial charge in [-0.15, -0.1) is 0 Å². The minimum Gasteiger partial charge on any atom is -0.481 e. The van der Waals surface area contributed by atoms with Crippen LogP contribution in [0.25, 0.3) is 0 Å². The fourth-order valence-electron chi connectivity index (χ4n) is 5.48. The summed E-state index contributed by atoms with van der Waals surface area (Å²) >= 11 is 0. The van der Waals surface area contributed by atoms with Crippen molar-refractivity contribution in [1.82, 2.24) is 0 Å². The second kappa shape index (κ2) is 13.4. The molecule has 0 radical (unpaired) electrons. The van der Waals surface area contributed by atoms with Crippen molar-refractivity contribution in [2.24, 2.45) is 59.2 Å². The smallest absolute Gasteiger partial charge is 0.308 e. The van der Waals surface area contributed by atoms with Crippen molar-refractivity contribution in [2.45, 2.75) is 12.8 Å². The first-order chi connectivity index (χ1) is 19.2. The molecule has 2 aliphatic rings. The molecule has 0 aromatic rings. The van der Waals surface area contributed by atoms with E-state index in [-0.39, 0.29) is 0 Å². The molecule has 0 amide bonds. The Hall–Kier alpha value is -5.30. The summed E-state index contributed by atoms with van der Waals surface area (Å²) in [5, 5.41) is 90.4. The lowest BCUT2D eigenvalue weighted by Gasteiger charge is -2.42. The van der Waals surface area contributed by atoms with Gasteiger partial charge in [0.15, 0.2) is 0 Å². The van der Waals surface area contributed by atoms with Gasteiger partial charge in [0.25, 0.3) is 0 Å². The van der Waals surface area contributed by atoms with Crippen LogP contribution in [0.5, 0.6) is 0 Å². The van der Waals surface area contributed by atoms with Crippen molar-refractivity contribution >= 4 is 59.7 Å². The maximum Gasteiger partial charge on any atom is 0.308 e. The van der Waals surface area contributed by atoms with Crippen molar-refractivity contribution in [3.05, 3.63) is 0 Å². The molecular formula is C22H24O20. The minimum absolute atomic E-state index is 0.487. The maximum absolute atomic E-state index is 11.3. The topological polar surface area (TPSA) is 373 Å². The van der Waals surface area contributed by atoms with E-state index in [0.29, 0.717) is 0 Å². The van der Waals surface area contributed by atoms with Gasteiger partial charge in [-0.3, -0.25) is 47.9 Å². The Kier molecular flexibility index (Phi) is 11.1. The lowest BCUT2D eigenvalue weighted by molar-refractivity contribution is -0.191. The standard InChI is InChI=1S/C12H12O12.C10H12O8/c13-7(14)1-2(8(15)16)4(10(19)20)6(12(23)24)5(11(21)22)3(1)9(17)18;11-7(12)3-1-4(8(13)14)6(10(17)18)2-5(3)9(15)16/h1-6H,(H,13,14)(H,15,16)(H,17,18)(H,19,20)(H,21,22)(H,23,24);3-6H,1-2H2,(H,11,12)(H,13,14)(H,15,16)(H,17,18). The Bertz CT molecular complexity index is 977. The van der Waals surface area contributed by atoms with E-state index in [4.69, 9.17) is 51.1 Å². The molecular weight excluding hydrogens is 584 g/mol. The van der Waals surface area contributed by atoms with Crippen LogP contribution in [0.2, 0.25) is 0 Å². The molecule has 2 fully saturated rings. The lowest BCUT2D eigenvalue weighted by atomic mass is 9.56. The van der Waals surface area contributed by atoms with Gasteiger partial charge in [-0.25, -0.2) is 0 Å². The van der Waals surface area contributed by atoms with Crippen LogP contribution >= 0.6 is 0 Å². The van der Waals surface area contributed by atoms with Gasteiger partial charge in [0, 0.05) is 0 Å². The Morgan fingerprint density at radius 1 is 0.262 bits per heavy atom. The minimum atomic E-state index is -2.43. The summed E-state index contributed by atoms with van der Waals surface area (Å²) in [6.45, 7) is 0. The van der Waals surface area contributed by atoms with Gasteiger partial charge in [0.2, 0.25) is 0 Å². The fourth-order valence-corrected chi connectivity index (χ4v) is 5.48. The van der Waals surface area contributed by atoms with Crippen LogP contribution in [-0.4, -0.2) is 111 Å². The third kappa shape index (κ3) is 7.06. The summed E-state index contributed by atoms with van der Waals surface area (Å²) in [7, 11) is 0. The third-order valence-electron chi connectivity index (χ3n) is 7.29. The molecule has 0 saturated heterocycles. The highest BCUT2D eigenvalue weighted by Gasteiger charge is 2.64. The summed E-state index contributed by atoms with van der Waals surface area (Å²) in [4.78, 5) is 112. The van der Waals surface area contributed by atoms with E-state index >= 15 is 0 Å². The summed E-state index contributed by atoms with van der Waals surface area (Å²) in [5.74, 6) is -38.0. The van der Waals surface area contributed by atoms with Crippen LogP contribution < -0.4 is 0 Å². The average Bonchev–Trinajstić information content (AvgIpc) is 2.85. The summed E-state index contributed by atoms with van der Waals surface area (Å²) in [6, 6.07) is 0. The van der Waals surface area contributed by atoms with Gasteiger partial charge in [-0.1, -0.05) is 0 Å². The molecule has 0 aliphatic heterocycles. The Labute approximate surface area is 231 Å². The zero-order chi connectivity index (χ0) is 33.0. The van der Waals surface area contributed by atoms with Crippen LogP contribution in [-0.2, 0) is 47.9 Å². The SMILES string of the molecule is O=C(O)C1C(C(=O)O)C(C(=O)O)C(C(=O)O)C(C(=O)O)C1C(=O)O.O=C(O)C1CC(C(=O)O)C(C(=O)O)CC1C(=O)O. The summed E-state index contributed by atoms with van der Waals surface area (Å²) in [6.07, 6.45) is -0.975. The Morgan fingerprint density at radius 3 is 0.452 bits per heavy atom. The van der Waals surface area contributed by atoms with E-state index in [0.717, 1.165) is 0 Å². The first-order valence-electron chi connectivity index (χ1n) is 11.5. The molecule has 0 spiro atoms. The molecule has 2 aliphatic carbocycles. The van der Waals surface area contributed by atoms with E-state index in [9.17, 15) is 47.9 Å². The highest BCUT2D eigenvalue weighted by molar-refractivity contribution is 5.96. The molecule has 20 nitrogen and oxygen atoms in total. The molecule has 2 rings (SSSR count). The maximum atomic E-state index is 11.3. The Morgan fingerprint density at radius 2 is 0.381 bits per heavy atom. The van der Waals surface area contributed by atoms with Crippen molar-refractivity contribution in [1.29, 1.82) is 0 Å². The van der Waals surface area contributed by atoms with Gasteiger partial charge in [0.1, 0.15) is 0 Å². The number of carboxylic acids is 10. The average molecular weight is 608 g/mol. The Balaban J connectivity index is 0.000000437. The molecule has 10 N–H and O–H groups in total. The van der Waals surface area contributed by atoms with Crippen LogP contribution in [0, 0.1) is 59.2 Å². The second-order valence-corrected chi connectivity index (χ2v) is 9.43. The van der Waals surface area contributed by atoms with E-state index < -0.39 is 132 Å². The van der Waals surface area contributed by atoms with Crippen LogP contribution in [0.4, 0.5) is 0 Å². The highest BCUT2D eigenvalue weighted by Crippen LogP contribution is 2.47. The zero-order valence-corrected chi connectivity index (χ0v) is 20.7. The van der Waals surface area contributed by atoms with Gasteiger partial charge in [-0.2, -0.15) is 0 Å². The first-order valence-corrected chi connectivity index (χ1v) is 11.5. The van der Waals surface area contributed by atoms with Crippen molar-refractivity contribution < 1.29 is 99.0 Å². The third-order valence-corrected chi connectivity index (χ3v) is 7.29. The number of carboxylic acid groups (broad SMARTS) is 10. The molecule has 0 heterocycles. The van der Waals surface area contributed by atoms with Gasteiger partial charge >= 0.3 is 59.7 Å². The molecule has 2 saturated carbocycles. The highest BCUT2D eigenvalue weighted by atomic mass is 16.4. The van der Waals surface area contributed by atoms with E-state index in [1.807, 2.05) is 0 Å². The number of aliphatic carboxylic acids is 10.